The van der Waals surface area contributed by atoms with Crippen molar-refractivity contribution in [3.63, 3.8) is 0 Å². The lowest BCUT2D eigenvalue weighted by molar-refractivity contribution is -0.145. The predicted molar refractivity (Wildman–Crippen MR) is 97.5 cm³/mol. The standard InChI is InChI=1S/C20H20N2O4/c1-3-26-20(24)18-16(13-7-5-4-6-8-13)17(21-22-18)19(23)14-9-11-15(25-2)12-10-14/h4-12,16,18,22H,3H2,1-2H3. The lowest BCUT2D eigenvalue weighted by Gasteiger charge is -2.19. The average molecular weight is 352 g/mol. The van der Waals surface area contributed by atoms with E-state index < -0.39 is 17.9 Å². The van der Waals surface area contributed by atoms with Crippen molar-refractivity contribution < 1.29 is 19.1 Å². The van der Waals surface area contributed by atoms with E-state index in [9.17, 15) is 9.59 Å². The first kappa shape index (κ1) is 17.7. The summed E-state index contributed by atoms with van der Waals surface area (Å²) in [5.41, 5.74) is 4.39. The number of ketones is 1. The molecule has 1 heterocycles. The fourth-order valence-corrected chi connectivity index (χ4v) is 2.95. The van der Waals surface area contributed by atoms with Gasteiger partial charge in [0.2, 0.25) is 5.78 Å². The van der Waals surface area contributed by atoms with Gasteiger partial charge in [0.05, 0.1) is 19.6 Å². The molecule has 6 heteroatoms. The number of rotatable bonds is 6. The molecule has 2 atom stereocenters. The molecular formula is C20H20N2O4. The third-order valence-electron chi connectivity index (χ3n) is 4.24. The Morgan fingerprint density at radius 2 is 1.77 bits per heavy atom. The second-order valence-corrected chi connectivity index (χ2v) is 5.80. The molecule has 0 fully saturated rings. The first-order chi connectivity index (χ1) is 12.7. The number of esters is 1. The summed E-state index contributed by atoms with van der Waals surface area (Å²) in [6.07, 6.45) is 0. The van der Waals surface area contributed by atoms with E-state index in [1.807, 2.05) is 30.3 Å². The van der Waals surface area contributed by atoms with Crippen molar-refractivity contribution >= 4 is 17.5 Å². The maximum Gasteiger partial charge on any atom is 0.331 e. The minimum absolute atomic E-state index is 0.235. The number of benzene rings is 2. The molecule has 0 saturated carbocycles. The van der Waals surface area contributed by atoms with Gasteiger partial charge in [0.25, 0.3) is 0 Å². The smallest absolute Gasteiger partial charge is 0.331 e. The SMILES string of the molecule is CCOC(=O)C1NN=C(C(=O)c2ccc(OC)cc2)C1c1ccccc1. The third-order valence-corrected chi connectivity index (χ3v) is 4.24. The Hall–Kier alpha value is -3.15. The van der Waals surface area contributed by atoms with Crippen molar-refractivity contribution in [3.05, 3.63) is 65.7 Å². The summed E-state index contributed by atoms with van der Waals surface area (Å²) in [5, 5.41) is 4.18. The highest BCUT2D eigenvalue weighted by Gasteiger charge is 2.41. The normalized spacial score (nSPS) is 18.6. The molecule has 134 valence electrons. The van der Waals surface area contributed by atoms with Gasteiger partial charge < -0.3 is 9.47 Å². The zero-order valence-corrected chi connectivity index (χ0v) is 14.6. The highest BCUT2D eigenvalue weighted by Crippen LogP contribution is 2.28. The van der Waals surface area contributed by atoms with Crippen LogP contribution in [0.3, 0.4) is 0 Å². The molecule has 2 aromatic rings. The van der Waals surface area contributed by atoms with Crippen LogP contribution in [0.1, 0.15) is 28.8 Å². The number of hydrogen-bond acceptors (Lipinski definition) is 6. The molecular weight excluding hydrogens is 332 g/mol. The summed E-state index contributed by atoms with van der Waals surface area (Å²) in [7, 11) is 1.57. The molecule has 26 heavy (non-hydrogen) atoms. The van der Waals surface area contributed by atoms with Crippen molar-refractivity contribution in [1.29, 1.82) is 0 Å². The summed E-state index contributed by atoms with van der Waals surface area (Å²) < 4.78 is 10.3. The van der Waals surface area contributed by atoms with Gasteiger partial charge in [-0.1, -0.05) is 30.3 Å². The van der Waals surface area contributed by atoms with Gasteiger partial charge in [-0.05, 0) is 36.8 Å². The van der Waals surface area contributed by atoms with Crippen molar-refractivity contribution in [1.82, 2.24) is 5.43 Å². The average Bonchev–Trinajstić information content (AvgIpc) is 3.13. The van der Waals surface area contributed by atoms with Gasteiger partial charge in [-0.25, -0.2) is 4.79 Å². The Kier molecular flexibility index (Phi) is 5.31. The molecule has 0 radical (unpaired) electrons. The van der Waals surface area contributed by atoms with Crippen LogP contribution in [0.4, 0.5) is 0 Å². The first-order valence-corrected chi connectivity index (χ1v) is 8.39. The third kappa shape index (κ3) is 3.44. The lowest BCUT2D eigenvalue weighted by atomic mass is 9.85. The number of carbonyl (C=O) groups excluding carboxylic acids is 2. The van der Waals surface area contributed by atoms with Crippen LogP contribution in [0.15, 0.2) is 59.7 Å². The van der Waals surface area contributed by atoms with Gasteiger partial charge in [0.15, 0.2) is 6.04 Å². The number of nitrogens with one attached hydrogen (secondary N) is 1. The van der Waals surface area contributed by atoms with Gasteiger partial charge in [-0.2, -0.15) is 5.10 Å². The van der Waals surface area contributed by atoms with Gasteiger partial charge in [-0.15, -0.1) is 0 Å². The van der Waals surface area contributed by atoms with E-state index in [0.29, 0.717) is 17.0 Å². The molecule has 0 aliphatic carbocycles. The second-order valence-electron chi connectivity index (χ2n) is 5.80. The van der Waals surface area contributed by atoms with Gasteiger partial charge in [0, 0.05) is 5.56 Å². The van der Waals surface area contributed by atoms with Gasteiger partial charge in [-0.3, -0.25) is 10.2 Å². The predicted octanol–water partition coefficient (Wildman–Crippen LogP) is 2.55. The van der Waals surface area contributed by atoms with Crippen molar-refractivity contribution in [2.45, 2.75) is 18.9 Å². The van der Waals surface area contributed by atoms with Crippen molar-refractivity contribution in [3.8, 4) is 5.75 Å². The van der Waals surface area contributed by atoms with Crippen LogP contribution in [-0.4, -0.2) is 37.2 Å². The van der Waals surface area contributed by atoms with E-state index in [0.717, 1.165) is 5.56 Å². The Bertz CT molecular complexity index is 815. The van der Waals surface area contributed by atoms with Crippen molar-refractivity contribution in [2.24, 2.45) is 5.10 Å². The highest BCUT2D eigenvalue weighted by molar-refractivity contribution is 6.48. The zero-order chi connectivity index (χ0) is 18.5. The Labute approximate surface area is 151 Å². The van der Waals surface area contributed by atoms with Gasteiger partial charge in [0.1, 0.15) is 11.5 Å². The Morgan fingerprint density at radius 1 is 1.08 bits per heavy atom. The molecule has 3 rings (SSSR count). The van der Waals surface area contributed by atoms with Crippen molar-refractivity contribution in [2.75, 3.05) is 13.7 Å². The number of hydrogen-bond donors (Lipinski definition) is 1. The fourth-order valence-electron chi connectivity index (χ4n) is 2.95. The number of carbonyl (C=O) groups is 2. The molecule has 0 spiro atoms. The van der Waals surface area contributed by atoms with Crippen LogP contribution >= 0.6 is 0 Å². The minimum Gasteiger partial charge on any atom is -0.497 e. The quantitative estimate of drug-likeness (QED) is 0.639. The molecule has 0 amide bonds. The van der Waals surface area contributed by atoms with E-state index in [2.05, 4.69) is 10.5 Å². The van der Waals surface area contributed by atoms with Crippen LogP contribution in [-0.2, 0) is 9.53 Å². The molecule has 2 aromatic carbocycles. The number of methoxy groups -OCH3 is 1. The molecule has 2 unspecified atom stereocenters. The van der Waals surface area contributed by atoms with Gasteiger partial charge >= 0.3 is 5.97 Å². The zero-order valence-electron chi connectivity index (χ0n) is 14.6. The maximum absolute atomic E-state index is 13.0. The van der Waals surface area contributed by atoms with Crippen LogP contribution in [0.5, 0.6) is 5.75 Å². The highest BCUT2D eigenvalue weighted by atomic mass is 16.5. The largest absolute Gasteiger partial charge is 0.497 e. The molecule has 0 bridgehead atoms. The van der Waals surface area contributed by atoms with Crippen LogP contribution in [0.2, 0.25) is 0 Å². The number of nitrogens with zero attached hydrogens (tertiary/aromatic N) is 1. The Balaban J connectivity index is 1.93. The molecule has 6 nitrogen and oxygen atoms in total. The topological polar surface area (TPSA) is 77.0 Å². The number of Topliss-reactive ketones (excluding diaryl/α,β-unsaturated/α-hetero) is 1. The maximum atomic E-state index is 13.0. The summed E-state index contributed by atoms with van der Waals surface area (Å²) in [4.78, 5) is 25.3. The fraction of sp³-hybridized carbons (Fsp3) is 0.250. The summed E-state index contributed by atoms with van der Waals surface area (Å²) in [6, 6.07) is 15.4. The van der Waals surface area contributed by atoms with Crippen LogP contribution < -0.4 is 10.2 Å². The number of ether oxygens (including phenoxy) is 2. The Morgan fingerprint density at radius 3 is 2.38 bits per heavy atom. The molecule has 1 aliphatic heterocycles. The summed E-state index contributed by atoms with van der Waals surface area (Å²) in [5.74, 6) is -0.509. The molecule has 0 aromatic heterocycles. The molecule has 1 aliphatic rings. The monoisotopic (exact) mass is 352 g/mol. The van der Waals surface area contributed by atoms with E-state index in [1.54, 1.807) is 38.3 Å². The molecule has 0 saturated heterocycles. The number of hydrazone groups is 1. The first-order valence-electron chi connectivity index (χ1n) is 8.39. The van der Waals surface area contributed by atoms with E-state index in [-0.39, 0.29) is 12.4 Å². The van der Waals surface area contributed by atoms with E-state index >= 15 is 0 Å². The van der Waals surface area contributed by atoms with E-state index in [1.165, 1.54) is 0 Å². The molecule has 1 N–H and O–H groups in total. The van der Waals surface area contributed by atoms with Crippen LogP contribution in [0.25, 0.3) is 0 Å². The van der Waals surface area contributed by atoms with E-state index in [4.69, 9.17) is 9.47 Å². The lowest BCUT2D eigenvalue weighted by Crippen LogP contribution is -2.38. The van der Waals surface area contributed by atoms with Crippen LogP contribution in [0, 0.1) is 0 Å². The summed E-state index contributed by atoms with van der Waals surface area (Å²) >= 11 is 0. The second kappa shape index (κ2) is 7.82. The minimum atomic E-state index is -0.727. The summed E-state index contributed by atoms with van der Waals surface area (Å²) in [6.45, 7) is 2.01.